The Balaban J connectivity index is 0.00000144. The van der Waals surface area contributed by atoms with E-state index in [1.807, 2.05) is 0 Å². The van der Waals surface area contributed by atoms with Crippen molar-refractivity contribution in [3.05, 3.63) is 0 Å². The Morgan fingerprint density at radius 2 is 1.62 bits per heavy atom. The Hall–Kier alpha value is -0.530. The molecule has 0 spiro atoms. The summed E-state index contributed by atoms with van der Waals surface area (Å²) in [5, 5.41) is 7.16. The molecule has 0 unspecified atom stereocenters. The number of hydrogen-bond acceptors (Lipinski definition) is 2. The van der Waals surface area contributed by atoms with Crippen LogP contribution in [0.2, 0.25) is 0 Å². The highest BCUT2D eigenvalue weighted by molar-refractivity contribution is 14.0. The molecule has 0 bridgehead atoms. The molecule has 3 N–H and O–H groups in total. The summed E-state index contributed by atoms with van der Waals surface area (Å²) < 4.78 is 0. The average Bonchev–Trinajstić information content (AvgIpc) is 2.04. The van der Waals surface area contributed by atoms with Gasteiger partial charge in [0.05, 0.1) is 0 Å². The molecule has 13 heavy (non-hydrogen) atoms. The van der Waals surface area contributed by atoms with Crippen molar-refractivity contribution < 1.29 is 4.79 Å². The summed E-state index contributed by atoms with van der Waals surface area (Å²) in [6, 6.07) is 0. The number of nitrogens with zero attached hydrogens (tertiary/aromatic N) is 2. The Morgan fingerprint density at radius 3 is 1.92 bits per heavy atom. The van der Waals surface area contributed by atoms with Crippen LogP contribution in [0.15, 0.2) is 0 Å². The first-order chi connectivity index (χ1) is 5.61. The first-order valence-electron chi connectivity index (χ1n) is 3.95. The molecule has 1 aliphatic rings. The highest BCUT2D eigenvalue weighted by Crippen LogP contribution is 2.00. The van der Waals surface area contributed by atoms with Gasteiger partial charge in [0.1, 0.15) is 0 Å². The van der Waals surface area contributed by atoms with E-state index in [-0.39, 0.29) is 35.8 Å². The lowest BCUT2D eigenvalue weighted by Crippen LogP contribution is -2.51. The maximum Gasteiger partial charge on any atom is 0.219 e. The van der Waals surface area contributed by atoms with Crippen molar-refractivity contribution >= 4 is 35.8 Å². The lowest BCUT2D eigenvalue weighted by atomic mass is 10.3. The summed E-state index contributed by atoms with van der Waals surface area (Å²) in [5.74, 6) is 0.191. The van der Waals surface area contributed by atoms with Gasteiger partial charge in [-0.1, -0.05) is 0 Å². The maximum absolute atomic E-state index is 10.9. The van der Waals surface area contributed by atoms with Crippen LogP contribution in [-0.2, 0) is 4.79 Å². The van der Waals surface area contributed by atoms with Crippen LogP contribution in [0.5, 0.6) is 0 Å². The number of carbonyl (C=O) groups excluding carboxylic acids is 1. The average molecular weight is 298 g/mol. The van der Waals surface area contributed by atoms with Crippen LogP contribution < -0.4 is 5.73 Å². The molecule has 0 aromatic rings. The zero-order chi connectivity index (χ0) is 9.14. The second kappa shape index (κ2) is 5.25. The monoisotopic (exact) mass is 298 g/mol. The molecule has 1 amide bonds. The van der Waals surface area contributed by atoms with Crippen LogP contribution >= 0.6 is 24.0 Å². The molecule has 1 aliphatic heterocycles. The molecular weight excluding hydrogens is 283 g/mol. The van der Waals surface area contributed by atoms with Crippen LogP contribution in [0.3, 0.4) is 0 Å². The smallest absolute Gasteiger partial charge is 0.219 e. The predicted octanol–water partition coefficient (Wildman–Crippen LogP) is -0.338. The van der Waals surface area contributed by atoms with Crippen molar-refractivity contribution in [3.63, 3.8) is 0 Å². The minimum Gasteiger partial charge on any atom is -0.370 e. The number of rotatable bonds is 0. The molecule has 5 nitrogen and oxygen atoms in total. The van der Waals surface area contributed by atoms with E-state index in [9.17, 15) is 4.79 Å². The van der Waals surface area contributed by atoms with E-state index in [0.29, 0.717) is 26.2 Å². The molecule has 0 aromatic heterocycles. The number of guanidine groups is 1. The molecule has 1 rings (SSSR count). The molecule has 0 radical (unpaired) electrons. The topological polar surface area (TPSA) is 73.4 Å². The third kappa shape index (κ3) is 3.37. The first kappa shape index (κ1) is 12.5. The normalized spacial score (nSPS) is 16.4. The molecule has 0 aromatic carbocycles. The number of carbonyl (C=O) groups is 1. The fourth-order valence-electron chi connectivity index (χ4n) is 1.26. The quantitative estimate of drug-likeness (QED) is 0.365. The second-order valence-electron chi connectivity index (χ2n) is 2.88. The minimum absolute atomic E-state index is 0. The molecule has 76 valence electrons. The van der Waals surface area contributed by atoms with E-state index in [4.69, 9.17) is 11.1 Å². The number of halogens is 1. The fraction of sp³-hybridized carbons (Fsp3) is 0.714. The molecular formula is C7H15IN4O. The van der Waals surface area contributed by atoms with Gasteiger partial charge in [-0.2, -0.15) is 0 Å². The van der Waals surface area contributed by atoms with E-state index in [1.165, 1.54) is 0 Å². The third-order valence-corrected chi connectivity index (χ3v) is 2.07. The SMILES string of the molecule is CC(=O)N1CCN(C(=N)N)CC1.I. The number of piperazine rings is 1. The lowest BCUT2D eigenvalue weighted by molar-refractivity contribution is -0.130. The molecule has 0 saturated carbocycles. The van der Waals surface area contributed by atoms with Crippen molar-refractivity contribution in [1.82, 2.24) is 9.80 Å². The number of amides is 1. The Bertz CT molecular complexity index is 179. The van der Waals surface area contributed by atoms with Gasteiger partial charge in [0, 0.05) is 33.1 Å². The predicted molar refractivity (Wildman–Crippen MR) is 61.2 cm³/mol. The number of nitrogens with one attached hydrogen (secondary N) is 1. The number of hydrogen-bond donors (Lipinski definition) is 2. The van der Waals surface area contributed by atoms with Crippen molar-refractivity contribution in [2.45, 2.75) is 6.92 Å². The molecule has 1 fully saturated rings. The van der Waals surface area contributed by atoms with E-state index in [1.54, 1.807) is 16.7 Å². The highest BCUT2D eigenvalue weighted by atomic mass is 127. The Kier molecular flexibility index (Phi) is 5.04. The van der Waals surface area contributed by atoms with Gasteiger partial charge in [0.25, 0.3) is 0 Å². The molecule has 0 atom stereocenters. The molecule has 0 aliphatic carbocycles. The van der Waals surface area contributed by atoms with E-state index in [2.05, 4.69) is 0 Å². The van der Waals surface area contributed by atoms with Gasteiger partial charge in [-0.25, -0.2) is 0 Å². The molecule has 1 saturated heterocycles. The fourth-order valence-corrected chi connectivity index (χ4v) is 1.26. The van der Waals surface area contributed by atoms with Gasteiger partial charge in [-0.05, 0) is 0 Å². The summed E-state index contributed by atoms with van der Waals surface area (Å²) in [7, 11) is 0. The van der Waals surface area contributed by atoms with Crippen LogP contribution in [-0.4, -0.2) is 47.8 Å². The largest absolute Gasteiger partial charge is 0.370 e. The van der Waals surface area contributed by atoms with Crippen LogP contribution in [0.4, 0.5) is 0 Å². The van der Waals surface area contributed by atoms with Crippen LogP contribution in [0, 0.1) is 5.41 Å². The summed E-state index contributed by atoms with van der Waals surface area (Å²) in [6.45, 7) is 4.26. The zero-order valence-corrected chi connectivity index (χ0v) is 9.95. The second-order valence-corrected chi connectivity index (χ2v) is 2.88. The van der Waals surface area contributed by atoms with E-state index >= 15 is 0 Å². The van der Waals surface area contributed by atoms with Crippen molar-refractivity contribution in [2.24, 2.45) is 5.73 Å². The summed E-state index contributed by atoms with van der Waals surface area (Å²) in [6.07, 6.45) is 0. The van der Waals surface area contributed by atoms with Gasteiger partial charge < -0.3 is 15.5 Å². The molecule has 1 heterocycles. The van der Waals surface area contributed by atoms with Crippen molar-refractivity contribution in [1.29, 1.82) is 5.41 Å². The minimum atomic E-state index is 0. The standard InChI is InChI=1S/C7H14N4O.HI/c1-6(12)10-2-4-11(5-3-10)7(8)9;/h2-5H2,1H3,(H3,8,9);1H. The maximum atomic E-state index is 10.9. The number of nitrogens with two attached hydrogens (primary N) is 1. The van der Waals surface area contributed by atoms with Gasteiger partial charge in [-0.15, -0.1) is 24.0 Å². The van der Waals surface area contributed by atoms with E-state index in [0.717, 1.165) is 0 Å². The Morgan fingerprint density at radius 1 is 1.23 bits per heavy atom. The summed E-state index contributed by atoms with van der Waals surface area (Å²) >= 11 is 0. The lowest BCUT2D eigenvalue weighted by Gasteiger charge is -2.34. The zero-order valence-electron chi connectivity index (χ0n) is 7.62. The van der Waals surface area contributed by atoms with Gasteiger partial charge in [0.2, 0.25) is 5.91 Å². The van der Waals surface area contributed by atoms with Crippen LogP contribution in [0.1, 0.15) is 6.92 Å². The van der Waals surface area contributed by atoms with Gasteiger partial charge in [-0.3, -0.25) is 10.2 Å². The summed E-state index contributed by atoms with van der Waals surface area (Å²) in [5.41, 5.74) is 5.29. The van der Waals surface area contributed by atoms with Gasteiger partial charge >= 0.3 is 0 Å². The molecule has 6 heteroatoms. The highest BCUT2D eigenvalue weighted by Gasteiger charge is 2.18. The third-order valence-electron chi connectivity index (χ3n) is 2.07. The van der Waals surface area contributed by atoms with Crippen molar-refractivity contribution in [2.75, 3.05) is 26.2 Å². The van der Waals surface area contributed by atoms with Gasteiger partial charge in [0.15, 0.2) is 5.96 Å². The van der Waals surface area contributed by atoms with E-state index < -0.39 is 0 Å². The van der Waals surface area contributed by atoms with Crippen LogP contribution in [0.25, 0.3) is 0 Å². The Labute approximate surface area is 94.8 Å². The first-order valence-corrected chi connectivity index (χ1v) is 3.95. The summed E-state index contributed by atoms with van der Waals surface area (Å²) in [4.78, 5) is 14.4. The van der Waals surface area contributed by atoms with Crippen molar-refractivity contribution in [3.8, 4) is 0 Å².